The van der Waals surface area contributed by atoms with Gasteiger partial charge >= 0.3 is 0 Å². The molecule has 0 aliphatic carbocycles. The Labute approximate surface area is 113 Å². The molecule has 0 spiro atoms. The van der Waals surface area contributed by atoms with E-state index in [-0.39, 0.29) is 0 Å². The van der Waals surface area contributed by atoms with Gasteiger partial charge in [0.2, 0.25) is 0 Å². The van der Waals surface area contributed by atoms with Crippen LogP contribution in [0.5, 0.6) is 0 Å². The Hall–Kier alpha value is -0.0100. The largest absolute Gasteiger partial charge is 0.0928 e. The lowest BCUT2D eigenvalue weighted by Crippen LogP contribution is -1.86. The van der Waals surface area contributed by atoms with Crippen molar-refractivity contribution in [3.8, 4) is 0 Å². The smallest absolute Gasteiger partial charge is 0.0408 e. The highest BCUT2D eigenvalue weighted by Crippen LogP contribution is 2.14. The second-order valence-corrected chi connectivity index (χ2v) is 5.42. The Balaban J connectivity index is 2.03. The zero-order valence-electron chi connectivity index (χ0n) is 9.72. The van der Waals surface area contributed by atoms with Crippen LogP contribution in [0.15, 0.2) is 24.3 Å². The molecule has 0 aliphatic heterocycles. The Morgan fingerprint density at radius 2 is 1.62 bits per heavy atom. The van der Waals surface area contributed by atoms with Gasteiger partial charge in [-0.25, -0.2) is 0 Å². The van der Waals surface area contributed by atoms with Crippen LogP contribution in [0, 0.1) is 0 Å². The highest BCUT2D eigenvalue weighted by Gasteiger charge is 1.95. The molecule has 1 aromatic carbocycles. The molecule has 0 nitrogen and oxygen atoms in total. The molecule has 0 saturated heterocycles. The highest BCUT2D eigenvalue weighted by molar-refractivity contribution is 9.09. The number of halogens is 2. The number of unbranched alkanes of at least 4 members (excludes halogenated alkanes) is 5. The van der Waals surface area contributed by atoms with Gasteiger partial charge in [0.05, 0.1) is 0 Å². The fraction of sp³-hybridized carbons (Fsp3) is 0.571. The number of benzene rings is 1. The molecule has 0 bridgehead atoms. The van der Waals surface area contributed by atoms with Gasteiger partial charge in [-0.05, 0) is 37.0 Å². The Morgan fingerprint density at radius 3 is 2.31 bits per heavy atom. The van der Waals surface area contributed by atoms with Crippen molar-refractivity contribution in [3.63, 3.8) is 0 Å². The molecule has 0 heterocycles. The predicted molar refractivity (Wildman–Crippen MR) is 76.7 cm³/mol. The molecule has 0 fully saturated rings. The van der Waals surface area contributed by atoms with Crippen molar-refractivity contribution in [2.24, 2.45) is 0 Å². The quantitative estimate of drug-likeness (QED) is 0.432. The van der Waals surface area contributed by atoms with Crippen LogP contribution in [-0.4, -0.2) is 5.33 Å². The van der Waals surface area contributed by atoms with Crippen molar-refractivity contribution in [2.75, 3.05) is 5.33 Å². The molecule has 0 saturated carbocycles. The second-order valence-electron chi connectivity index (χ2n) is 4.19. The molecule has 16 heavy (non-hydrogen) atoms. The predicted octanol–water partition coefficient (Wildman–Crippen LogP) is 5.62. The lowest BCUT2D eigenvalue weighted by Gasteiger charge is -2.02. The summed E-state index contributed by atoms with van der Waals surface area (Å²) in [6.07, 6.45) is 9.22. The van der Waals surface area contributed by atoms with Gasteiger partial charge in [0, 0.05) is 10.4 Å². The van der Waals surface area contributed by atoms with Gasteiger partial charge in [-0.1, -0.05) is 65.3 Å². The summed E-state index contributed by atoms with van der Waals surface area (Å²) in [5.74, 6) is 0. The summed E-state index contributed by atoms with van der Waals surface area (Å²) in [6.45, 7) is 0. The molecule has 0 amide bonds. The van der Waals surface area contributed by atoms with E-state index in [0.29, 0.717) is 0 Å². The average molecular weight is 304 g/mol. The monoisotopic (exact) mass is 302 g/mol. The Morgan fingerprint density at radius 1 is 0.938 bits per heavy atom. The maximum Gasteiger partial charge on any atom is 0.0408 e. The number of aryl methyl sites for hydroxylation is 1. The fourth-order valence-electron chi connectivity index (χ4n) is 1.82. The molecule has 0 aromatic heterocycles. The van der Waals surface area contributed by atoms with Gasteiger partial charge in [0.15, 0.2) is 0 Å². The second kappa shape index (κ2) is 9.07. The van der Waals surface area contributed by atoms with Crippen LogP contribution in [0.3, 0.4) is 0 Å². The minimum absolute atomic E-state index is 0.856. The molecule has 0 N–H and O–H groups in total. The first kappa shape index (κ1) is 14.1. The summed E-state index contributed by atoms with van der Waals surface area (Å²) in [4.78, 5) is 0. The Kier molecular flexibility index (Phi) is 7.96. The zero-order chi connectivity index (χ0) is 11.6. The van der Waals surface area contributed by atoms with Gasteiger partial charge in [0.25, 0.3) is 0 Å². The topological polar surface area (TPSA) is 0 Å². The summed E-state index contributed by atoms with van der Waals surface area (Å²) in [5, 5.41) is 2.00. The number of hydrogen-bond donors (Lipinski definition) is 0. The third-order valence-electron chi connectivity index (χ3n) is 2.74. The molecular formula is C14H20BrCl. The van der Waals surface area contributed by atoms with Crippen molar-refractivity contribution >= 4 is 27.5 Å². The Bertz CT molecular complexity index is 286. The first-order valence-corrected chi connectivity index (χ1v) is 7.63. The minimum Gasteiger partial charge on any atom is -0.0928 e. The van der Waals surface area contributed by atoms with Crippen molar-refractivity contribution in [2.45, 2.75) is 44.9 Å². The van der Waals surface area contributed by atoms with Crippen molar-refractivity contribution in [1.82, 2.24) is 0 Å². The molecule has 2 heteroatoms. The molecule has 90 valence electrons. The van der Waals surface area contributed by atoms with Crippen LogP contribution in [0.25, 0.3) is 0 Å². The normalized spacial score (nSPS) is 10.6. The van der Waals surface area contributed by atoms with Gasteiger partial charge < -0.3 is 0 Å². The molecular weight excluding hydrogens is 284 g/mol. The van der Waals surface area contributed by atoms with E-state index in [1.807, 2.05) is 12.1 Å². The van der Waals surface area contributed by atoms with Crippen molar-refractivity contribution < 1.29 is 0 Å². The van der Waals surface area contributed by atoms with Crippen LogP contribution >= 0.6 is 27.5 Å². The maximum atomic E-state index is 5.94. The third kappa shape index (κ3) is 6.55. The molecule has 0 aliphatic rings. The summed E-state index contributed by atoms with van der Waals surface area (Å²) in [5.41, 5.74) is 1.37. The van der Waals surface area contributed by atoms with E-state index in [9.17, 15) is 0 Å². The van der Waals surface area contributed by atoms with E-state index in [4.69, 9.17) is 11.6 Å². The van der Waals surface area contributed by atoms with Crippen LogP contribution in [0.4, 0.5) is 0 Å². The van der Waals surface area contributed by atoms with E-state index in [0.717, 1.165) is 10.4 Å². The van der Waals surface area contributed by atoms with Gasteiger partial charge in [0.1, 0.15) is 0 Å². The fourth-order valence-corrected chi connectivity index (χ4v) is 2.43. The summed E-state index contributed by atoms with van der Waals surface area (Å²) in [6, 6.07) is 8.21. The van der Waals surface area contributed by atoms with Crippen molar-refractivity contribution in [3.05, 3.63) is 34.9 Å². The van der Waals surface area contributed by atoms with E-state index in [1.165, 1.54) is 50.5 Å². The van der Waals surface area contributed by atoms with Crippen LogP contribution in [0.1, 0.15) is 44.1 Å². The van der Waals surface area contributed by atoms with E-state index < -0.39 is 0 Å². The SMILES string of the molecule is Clc1cccc(CCCCCCCCBr)c1. The van der Waals surface area contributed by atoms with Crippen LogP contribution in [-0.2, 0) is 6.42 Å². The summed E-state index contributed by atoms with van der Waals surface area (Å²) >= 11 is 9.39. The van der Waals surface area contributed by atoms with Crippen LogP contribution in [0.2, 0.25) is 5.02 Å². The van der Waals surface area contributed by atoms with Crippen LogP contribution < -0.4 is 0 Å². The van der Waals surface area contributed by atoms with Gasteiger partial charge in [-0.3, -0.25) is 0 Å². The molecule has 0 atom stereocenters. The average Bonchev–Trinajstić information content (AvgIpc) is 2.28. The third-order valence-corrected chi connectivity index (χ3v) is 3.53. The maximum absolute atomic E-state index is 5.94. The number of alkyl halides is 1. The van der Waals surface area contributed by atoms with E-state index >= 15 is 0 Å². The first-order valence-electron chi connectivity index (χ1n) is 6.13. The van der Waals surface area contributed by atoms with Crippen molar-refractivity contribution in [1.29, 1.82) is 0 Å². The van der Waals surface area contributed by atoms with E-state index in [1.54, 1.807) is 0 Å². The standard InChI is InChI=1S/C14H20BrCl/c15-11-6-4-2-1-3-5-8-13-9-7-10-14(16)12-13/h7,9-10,12H,1-6,8,11H2. The summed E-state index contributed by atoms with van der Waals surface area (Å²) < 4.78 is 0. The molecule has 1 rings (SSSR count). The highest BCUT2D eigenvalue weighted by atomic mass is 79.9. The number of rotatable bonds is 8. The number of hydrogen-bond acceptors (Lipinski definition) is 0. The first-order chi connectivity index (χ1) is 7.83. The minimum atomic E-state index is 0.856. The lowest BCUT2D eigenvalue weighted by atomic mass is 10.1. The van der Waals surface area contributed by atoms with Gasteiger partial charge in [-0.2, -0.15) is 0 Å². The van der Waals surface area contributed by atoms with Gasteiger partial charge in [-0.15, -0.1) is 0 Å². The lowest BCUT2D eigenvalue weighted by molar-refractivity contribution is 0.610. The van der Waals surface area contributed by atoms with E-state index in [2.05, 4.69) is 28.1 Å². The molecule has 1 aromatic rings. The summed E-state index contributed by atoms with van der Waals surface area (Å²) in [7, 11) is 0. The molecule has 0 unspecified atom stereocenters. The zero-order valence-corrected chi connectivity index (χ0v) is 12.1. The molecule has 0 radical (unpaired) electrons.